The van der Waals surface area contributed by atoms with E-state index in [2.05, 4.69) is 20.3 Å². The second-order valence-corrected chi connectivity index (χ2v) is 6.31. The fourth-order valence-electron chi connectivity index (χ4n) is 2.35. The van der Waals surface area contributed by atoms with Crippen molar-refractivity contribution in [2.75, 3.05) is 12.4 Å². The lowest BCUT2D eigenvalue weighted by Gasteiger charge is -2.20. The summed E-state index contributed by atoms with van der Waals surface area (Å²) >= 11 is 1.32. The van der Waals surface area contributed by atoms with E-state index in [0.29, 0.717) is 37.2 Å². The first-order valence-corrected chi connectivity index (χ1v) is 7.85. The number of rotatable bonds is 6. The lowest BCUT2D eigenvalue weighted by molar-refractivity contribution is -0.140. The summed E-state index contributed by atoms with van der Waals surface area (Å²) in [6.45, 7) is 0. The molecule has 0 atom stereocenters. The largest absolute Gasteiger partial charge is 0.469 e. The first-order valence-electron chi connectivity index (χ1n) is 7.03. The molecular weight excluding hydrogens is 328 g/mol. The summed E-state index contributed by atoms with van der Waals surface area (Å²) in [6.07, 6.45) is 5.03. The molecule has 0 radical (unpaired) electrons. The molecule has 22 heavy (non-hydrogen) atoms. The molecule has 1 aliphatic rings. The summed E-state index contributed by atoms with van der Waals surface area (Å²) in [5, 5.41) is 11.9. The third-order valence-electron chi connectivity index (χ3n) is 3.63. The van der Waals surface area contributed by atoms with E-state index in [1.807, 2.05) is 0 Å². The number of carbonyl (C=O) groups excluding carboxylic acids is 2. The summed E-state index contributed by atoms with van der Waals surface area (Å²) in [5.74, 6) is -0.420. The quantitative estimate of drug-likeness (QED) is 0.757. The number of aryl methyl sites for hydroxylation is 1. The van der Waals surface area contributed by atoms with Gasteiger partial charge in [-0.3, -0.25) is 14.9 Å². The molecule has 0 unspecified atom stereocenters. The van der Waals surface area contributed by atoms with Gasteiger partial charge in [0.15, 0.2) is 0 Å². The van der Waals surface area contributed by atoms with E-state index in [-0.39, 0.29) is 24.3 Å². The van der Waals surface area contributed by atoms with E-state index < -0.39 is 5.54 Å². The number of aromatic nitrogens is 2. The average molecular weight is 349 g/mol. The van der Waals surface area contributed by atoms with Gasteiger partial charge in [-0.05, 0) is 19.3 Å². The van der Waals surface area contributed by atoms with E-state index in [0.717, 1.165) is 17.8 Å². The first kappa shape index (κ1) is 18.8. The molecule has 1 saturated carbocycles. The van der Waals surface area contributed by atoms with Crippen LogP contribution < -0.4 is 11.1 Å². The van der Waals surface area contributed by atoms with Gasteiger partial charge in [0.1, 0.15) is 5.01 Å². The Morgan fingerprint density at radius 3 is 2.68 bits per heavy atom. The van der Waals surface area contributed by atoms with Crippen LogP contribution in [-0.2, 0) is 20.7 Å². The van der Waals surface area contributed by atoms with Gasteiger partial charge in [0.2, 0.25) is 11.0 Å². The van der Waals surface area contributed by atoms with Gasteiger partial charge in [-0.1, -0.05) is 24.2 Å². The molecule has 1 fully saturated rings. The number of esters is 1. The van der Waals surface area contributed by atoms with Crippen molar-refractivity contribution < 1.29 is 14.3 Å². The molecule has 0 saturated heterocycles. The van der Waals surface area contributed by atoms with Gasteiger partial charge in [-0.25, -0.2) is 0 Å². The summed E-state index contributed by atoms with van der Waals surface area (Å²) < 4.78 is 4.57. The van der Waals surface area contributed by atoms with E-state index >= 15 is 0 Å². The monoisotopic (exact) mass is 348 g/mol. The van der Waals surface area contributed by atoms with Crippen molar-refractivity contribution in [3.05, 3.63) is 5.01 Å². The van der Waals surface area contributed by atoms with Crippen molar-refractivity contribution in [2.45, 2.75) is 50.5 Å². The molecule has 2 rings (SSSR count). The van der Waals surface area contributed by atoms with Gasteiger partial charge < -0.3 is 10.5 Å². The second kappa shape index (κ2) is 8.40. The first-order chi connectivity index (χ1) is 10.0. The lowest BCUT2D eigenvalue weighted by atomic mass is 9.98. The van der Waals surface area contributed by atoms with Gasteiger partial charge in [0.25, 0.3) is 0 Å². The SMILES string of the molecule is COC(=O)CCCc1nnc(NC(=O)C2(N)CCCC2)s1.Cl. The van der Waals surface area contributed by atoms with E-state index in [4.69, 9.17) is 5.73 Å². The molecule has 0 bridgehead atoms. The summed E-state index contributed by atoms with van der Waals surface area (Å²) in [6, 6.07) is 0. The molecule has 1 aliphatic carbocycles. The normalized spacial score (nSPS) is 15.9. The Hall–Kier alpha value is -1.25. The van der Waals surface area contributed by atoms with Crippen LogP contribution in [0.25, 0.3) is 0 Å². The molecule has 124 valence electrons. The molecule has 1 heterocycles. The molecule has 9 heteroatoms. The number of hydrogen-bond donors (Lipinski definition) is 2. The zero-order chi connectivity index (χ0) is 15.3. The van der Waals surface area contributed by atoms with Crippen molar-refractivity contribution in [2.24, 2.45) is 5.73 Å². The van der Waals surface area contributed by atoms with Crippen molar-refractivity contribution >= 4 is 40.8 Å². The maximum Gasteiger partial charge on any atom is 0.305 e. The fraction of sp³-hybridized carbons (Fsp3) is 0.692. The molecule has 1 aromatic heterocycles. The highest BCUT2D eigenvalue weighted by Gasteiger charge is 2.37. The molecule has 1 aromatic rings. The molecule has 0 aliphatic heterocycles. The molecule has 0 spiro atoms. The molecule has 0 aromatic carbocycles. The minimum Gasteiger partial charge on any atom is -0.469 e. The minimum absolute atomic E-state index is 0. The topological polar surface area (TPSA) is 107 Å². The number of nitrogens with one attached hydrogen (secondary N) is 1. The zero-order valence-electron chi connectivity index (χ0n) is 12.5. The minimum atomic E-state index is -0.767. The zero-order valence-corrected chi connectivity index (χ0v) is 14.1. The number of halogens is 1. The number of anilines is 1. The third-order valence-corrected chi connectivity index (χ3v) is 4.53. The van der Waals surface area contributed by atoms with E-state index in [9.17, 15) is 9.59 Å². The van der Waals surface area contributed by atoms with Gasteiger partial charge in [0, 0.05) is 12.8 Å². The highest BCUT2D eigenvalue weighted by atomic mass is 35.5. The van der Waals surface area contributed by atoms with E-state index in [1.165, 1.54) is 18.4 Å². The third kappa shape index (κ3) is 4.89. The Kier molecular flexibility index (Phi) is 7.18. The van der Waals surface area contributed by atoms with Gasteiger partial charge >= 0.3 is 5.97 Å². The van der Waals surface area contributed by atoms with Crippen LogP contribution in [0.2, 0.25) is 0 Å². The van der Waals surface area contributed by atoms with Crippen LogP contribution in [0.1, 0.15) is 43.5 Å². The van der Waals surface area contributed by atoms with Crippen LogP contribution in [0, 0.1) is 0 Å². The van der Waals surface area contributed by atoms with Gasteiger partial charge in [-0.2, -0.15) is 0 Å². The van der Waals surface area contributed by atoms with Crippen LogP contribution in [-0.4, -0.2) is 34.7 Å². The summed E-state index contributed by atoms with van der Waals surface area (Å²) in [5.41, 5.74) is 5.31. The predicted octanol–water partition coefficient (Wildman–Crippen LogP) is 1.67. The number of carbonyl (C=O) groups is 2. The average Bonchev–Trinajstić information content (AvgIpc) is 3.09. The maximum atomic E-state index is 12.1. The highest BCUT2D eigenvalue weighted by molar-refractivity contribution is 7.15. The van der Waals surface area contributed by atoms with Crippen molar-refractivity contribution in [1.29, 1.82) is 0 Å². The van der Waals surface area contributed by atoms with Crippen LogP contribution in [0.3, 0.4) is 0 Å². The Labute approximate surface area is 139 Å². The number of nitrogens with two attached hydrogens (primary N) is 1. The summed E-state index contributed by atoms with van der Waals surface area (Å²) in [7, 11) is 1.37. The lowest BCUT2D eigenvalue weighted by Crippen LogP contribution is -2.48. The molecule has 1 amide bonds. The highest BCUT2D eigenvalue weighted by Crippen LogP contribution is 2.29. The van der Waals surface area contributed by atoms with Crippen LogP contribution in [0.5, 0.6) is 0 Å². The van der Waals surface area contributed by atoms with Gasteiger partial charge in [0.05, 0.1) is 12.6 Å². The second-order valence-electron chi connectivity index (χ2n) is 5.25. The molecule has 3 N–H and O–H groups in total. The van der Waals surface area contributed by atoms with Gasteiger partial charge in [-0.15, -0.1) is 22.6 Å². The number of nitrogens with zero attached hydrogens (tertiary/aromatic N) is 2. The van der Waals surface area contributed by atoms with Crippen molar-refractivity contribution in [1.82, 2.24) is 10.2 Å². The predicted molar refractivity (Wildman–Crippen MR) is 86.1 cm³/mol. The number of methoxy groups -OCH3 is 1. The fourth-order valence-corrected chi connectivity index (χ4v) is 3.12. The van der Waals surface area contributed by atoms with Crippen molar-refractivity contribution in [3.8, 4) is 0 Å². The van der Waals surface area contributed by atoms with Crippen LogP contribution in [0.15, 0.2) is 0 Å². The number of hydrogen-bond acceptors (Lipinski definition) is 7. The van der Waals surface area contributed by atoms with Crippen LogP contribution >= 0.6 is 23.7 Å². The van der Waals surface area contributed by atoms with E-state index in [1.54, 1.807) is 0 Å². The number of amides is 1. The Morgan fingerprint density at radius 1 is 1.36 bits per heavy atom. The Bertz CT molecular complexity index is 517. The maximum absolute atomic E-state index is 12.1. The Balaban J connectivity index is 0.00000242. The van der Waals surface area contributed by atoms with Crippen molar-refractivity contribution in [3.63, 3.8) is 0 Å². The molecule has 7 nitrogen and oxygen atoms in total. The summed E-state index contributed by atoms with van der Waals surface area (Å²) in [4.78, 5) is 23.1. The molecular formula is C13H21ClN4O3S. The number of ether oxygens (including phenoxy) is 1. The van der Waals surface area contributed by atoms with Crippen LogP contribution in [0.4, 0.5) is 5.13 Å². The smallest absolute Gasteiger partial charge is 0.305 e. The Morgan fingerprint density at radius 2 is 2.05 bits per heavy atom. The standard InChI is InChI=1S/C13H20N4O3S.ClH/c1-20-10(18)6-4-5-9-16-17-12(21-9)15-11(19)13(14)7-2-3-8-13;/h2-8,14H2,1H3,(H,15,17,19);1H.